The van der Waals surface area contributed by atoms with Crippen molar-refractivity contribution >= 4 is 9.84 Å². The molecule has 0 amide bonds. The van der Waals surface area contributed by atoms with E-state index in [1.165, 1.54) is 6.26 Å². The molecule has 1 aromatic rings. The summed E-state index contributed by atoms with van der Waals surface area (Å²) in [5, 5.41) is 4.19. The van der Waals surface area contributed by atoms with E-state index < -0.39 is 9.84 Å². The monoisotopic (exact) mass is 259 g/mol. The van der Waals surface area contributed by atoms with Crippen molar-refractivity contribution in [2.75, 3.05) is 12.0 Å². The van der Waals surface area contributed by atoms with Gasteiger partial charge in [-0.1, -0.05) is 6.92 Å². The molecule has 0 radical (unpaired) electrons. The molecule has 0 saturated heterocycles. The molecule has 98 valence electrons. The highest BCUT2D eigenvalue weighted by Gasteiger charge is 2.05. The first kappa shape index (κ1) is 14.2. The third-order valence-electron chi connectivity index (χ3n) is 2.61. The topological polar surface area (TPSA) is 78.0 Å². The summed E-state index contributed by atoms with van der Waals surface area (Å²) in [5.74, 6) is 0.205. The van der Waals surface area contributed by atoms with Gasteiger partial charge in [0.2, 0.25) is 0 Å². The number of hydrogen-bond donors (Lipinski definition) is 1. The van der Waals surface area contributed by atoms with E-state index in [4.69, 9.17) is 5.73 Å². The Morgan fingerprint density at radius 2 is 2.24 bits per heavy atom. The van der Waals surface area contributed by atoms with E-state index in [9.17, 15) is 8.42 Å². The molecule has 0 aromatic carbocycles. The Balaban J connectivity index is 2.41. The molecule has 0 aliphatic rings. The first-order valence-electron chi connectivity index (χ1n) is 5.85. The molecule has 6 heteroatoms. The number of aryl methyl sites for hydroxylation is 1. The molecule has 0 aliphatic carbocycles. The van der Waals surface area contributed by atoms with Crippen LogP contribution in [0, 0.1) is 0 Å². The molecule has 2 N–H and O–H groups in total. The molecular formula is C11H21N3O2S. The molecular weight excluding hydrogens is 238 g/mol. The van der Waals surface area contributed by atoms with E-state index in [2.05, 4.69) is 12.0 Å². The Kier molecular flexibility index (Phi) is 5.14. The van der Waals surface area contributed by atoms with Gasteiger partial charge < -0.3 is 5.73 Å². The van der Waals surface area contributed by atoms with E-state index in [1.807, 2.05) is 6.20 Å². The average molecular weight is 259 g/mol. The Morgan fingerprint density at radius 1 is 1.53 bits per heavy atom. The Morgan fingerprint density at radius 3 is 2.82 bits per heavy atom. The Hall–Kier alpha value is -0.880. The lowest BCUT2D eigenvalue weighted by Crippen LogP contribution is -2.21. The van der Waals surface area contributed by atoms with E-state index in [0.29, 0.717) is 13.0 Å². The maximum absolute atomic E-state index is 11.0. The minimum absolute atomic E-state index is 0.170. The fraction of sp³-hybridized carbons (Fsp3) is 0.727. The van der Waals surface area contributed by atoms with Gasteiger partial charge in [0, 0.05) is 25.0 Å². The van der Waals surface area contributed by atoms with Crippen LogP contribution in [0.15, 0.2) is 12.4 Å². The van der Waals surface area contributed by atoms with Gasteiger partial charge in [-0.3, -0.25) is 4.68 Å². The van der Waals surface area contributed by atoms with E-state index >= 15 is 0 Å². The summed E-state index contributed by atoms with van der Waals surface area (Å²) in [6.07, 6.45) is 7.36. The second-order valence-electron chi connectivity index (χ2n) is 4.47. The smallest absolute Gasteiger partial charge is 0.147 e. The zero-order chi connectivity index (χ0) is 12.9. The van der Waals surface area contributed by atoms with Crippen LogP contribution in [0.2, 0.25) is 0 Å². The lowest BCUT2D eigenvalue weighted by atomic mass is 10.1. The highest BCUT2D eigenvalue weighted by Crippen LogP contribution is 2.04. The van der Waals surface area contributed by atoms with Gasteiger partial charge in [0.25, 0.3) is 0 Å². The van der Waals surface area contributed by atoms with Crippen molar-refractivity contribution in [2.45, 2.75) is 38.8 Å². The minimum atomic E-state index is -2.87. The van der Waals surface area contributed by atoms with E-state index in [1.54, 1.807) is 10.9 Å². The van der Waals surface area contributed by atoms with Crippen LogP contribution in [0.25, 0.3) is 0 Å². The molecule has 1 heterocycles. The van der Waals surface area contributed by atoms with Crippen LogP contribution in [-0.2, 0) is 22.8 Å². The van der Waals surface area contributed by atoms with Gasteiger partial charge >= 0.3 is 0 Å². The maximum Gasteiger partial charge on any atom is 0.147 e. The van der Waals surface area contributed by atoms with Crippen molar-refractivity contribution in [3.05, 3.63) is 18.0 Å². The highest BCUT2D eigenvalue weighted by molar-refractivity contribution is 7.90. The minimum Gasteiger partial charge on any atom is -0.327 e. The fourth-order valence-electron chi connectivity index (χ4n) is 1.57. The molecule has 1 rings (SSSR count). The van der Waals surface area contributed by atoms with Crippen LogP contribution in [0.1, 0.15) is 25.3 Å². The van der Waals surface area contributed by atoms with Crippen LogP contribution >= 0.6 is 0 Å². The molecule has 0 spiro atoms. The predicted molar refractivity (Wildman–Crippen MR) is 68.5 cm³/mol. The molecule has 0 saturated carbocycles. The number of nitrogens with zero attached hydrogens (tertiary/aromatic N) is 2. The number of aromatic nitrogens is 2. The number of hydrogen-bond acceptors (Lipinski definition) is 4. The van der Waals surface area contributed by atoms with E-state index in [0.717, 1.165) is 18.4 Å². The molecule has 0 bridgehead atoms. The van der Waals surface area contributed by atoms with Gasteiger partial charge in [-0.2, -0.15) is 5.10 Å². The number of nitrogens with two attached hydrogens (primary N) is 1. The second kappa shape index (κ2) is 6.16. The predicted octanol–water partition coefficient (Wildman–Crippen LogP) is 0.598. The zero-order valence-electron chi connectivity index (χ0n) is 10.5. The first-order chi connectivity index (χ1) is 7.90. The number of sulfone groups is 1. The molecule has 5 nitrogen and oxygen atoms in total. The van der Waals surface area contributed by atoms with Crippen molar-refractivity contribution in [3.8, 4) is 0 Å². The van der Waals surface area contributed by atoms with Crippen LogP contribution < -0.4 is 5.73 Å². The highest BCUT2D eigenvalue weighted by atomic mass is 32.2. The Bertz CT molecular complexity index is 439. The average Bonchev–Trinajstić information content (AvgIpc) is 2.63. The summed E-state index contributed by atoms with van der Waals surface area (Å²) in [4.78, 5) is 0. The van der Waals surface area contributed by atoms with Gasteiger partial charge in [-0.25, -0.2) is 8.42 Å². The summed E-state index contributed by atoms with van der Waals surface area (Å²) in [7, 11) is -2.87. The van der Waals surface area contributed by atoms with Crippen molar-refractivity contribution in [3.63, 3.8) is 0 Å². The summed E-state index contributed by atoms with van der Waals surface area (Å²) >= 11 is 0. The molecule has 1 aromatic heterocycles. The largest absolute Gasteiger partial charge is 0.327 e. The van der Waals surface area contributed by atoms with Gasteiger partial charge in [-0.15, -0.1) is 0 Å². The van der Waals surface area contributed by atoms with Gasteiger partial charge in [0.1, 0.15) is 9.84 Å². The fourth-order valence-corrected chi connectivity index (χ4v) is 2.22. The standard InChI is InChI=1S/C11H21N3O2S/c1-3-11(12)7-10-8-13-14(9-10)5-4-6-17(2,15)16/h8-9,11H,3-7,12H2,1-2H3. The maximum atomic E-state index is 11.0. The van der Waals surface area contributed by atoms with Gasteiger partial charge in [0.05, 0.1) is 11.9 Å². The van der Waals surface area contributed by atoms with Crippen molar-refractivity contribution in [1.82, 2.24) is 9.78 Å². The Labute approximate surface area is 103 Å². The second-order valence-corrected chi connectivity index (χ2v) is 6.73. The van der Waals surface area contributed by atoms with Gasteiger partial charge in [-0.05, 0) is 24.8 Å². The van der Waals surface area contributed by atoms with Crippen LogP contribution in [0.5, 0.6) is 0 Å². The summed E-state index contributed by atoms with van der Waals surface area (Å²) in [6.45, 7) is 2.69. The summed E-state index contributed by atoms with van der Waals surface area (Å²) < 4.78 is 23.7. The molecule has 1 unspecified atom stereocenters. The van der Waals surface area contributed by atoms with Crippen molar-refractivity contribution in [2.24, 2.45) is 5.73 Å². The lowest BCUT2D eigenvalue weighted by molar-refractivity contribution is 0.576. The lowest BCUT2D eigenvalue weighted by Gasteiger charge is -2.05. The number of rotatable bonds is 7. The first-order valence-corrected chi connectivity index (χ1v) is 7.91. The van der Waals surface area contributed by atoms with E-state index in [-0.39, 0.29) is 11.8 Å². The molecule has 0 aliphatic heterocycles. The SMILES string of the molecule is CCC(N)Cc1cnn(CCCS(C)(=O)=O)c1. The summed E-state index contributed by atoms with van der Waals surface area (Å²) in [5.41, 5.74) is 6.97. The molecule has 17 heavy (non-hydrogen) atoms. The van der Waals surface area contributed by atoms with Gasteiger partial charge in [0.15, 0.2) is 0 Å². The normalized spacial score (nSPS) is 13.8. The summed E-state index contributed by atoms with van der Waals surface area (Å²) in [6, 6.07) is 0.170. The van der Waals surface area contributed by atoms with Crippen LogP contribution in [-0.4, -0.2) is 36.2 Å². The molecule has 1 atom stereocenters. The molecule has 0 fully saturated rings. The third-order valence-corrected chi connectivity index (χ3v) is 3.64. The van der Waals surface area contributed by atoms with Crippen LogP contribution in [0.4, 0.5) is 0 Å². The quantitative estimate of drug-likeness (QED) is 0.777. The third kappa shape index (κ3) is 5.83. The van der Waals surface area contributed by atoms with Crippen molar-refractivity contribution in [1.29, 1.82) is 0 Å². The van der Waals surface area contributed by atoms with Crippen molar-refractivity contribution < 1.29 is 8.42 Å². The zero-order valence-corrected chi connectivity index (χ0v) is 11.3. The van der Waals surface area contributed by atoms with Crippen LogP contribution in [0.3, 0.4) is 0 Å².